The molecular weight excluding hydrogens is 262 g/mol. The first-order chi connectivity index (χ1) is 9.67. The van der Waals surface area contributed by atoms with Crippen molar-refractivity contribution in [3.05, 3.63) is 59.4 Å². The molecule has 3 nitrogen and oxygen atoms in total. The first-order valence-electron chi connectivity index (χ1n) is 6.36. The summed E-state index contributed by atoms with van der Waals surface area (Å²) in [6.45, 7) is 2.39. The highest BCUT2D eigenvalue weighted by Gasteiger charge is 2.19. The second-order valence-electron chi connectivity index (χ2n) is 4.25. The number of pyridine rings is 1. The predicted molar refractivity (Wildman–Crippen MR) is 72.7 cm³/mol. The summed E-state index contributed by atoms with van der Waals surface area (Å²) < 4.78 is 32.6. The van der Waals surface area contributed by atoms with Gasteiger partial charge in [-0.1, -0.05) is 12.1 Å². The molecule has 0 fully saturated rings. The highest BCUT2D eigenvalue weighted by Crippen LogP contribution is 2.27. The Bertz CT molecular complexity index is 590. The summed E-state index contributed by atoms with van der Waals surface area (Å²) in [6.07, 6.45) is 3.19. The van der Waals surface area contributed by atoms with Crippen LogP contribution in [0.15, 0.2) is 36.7 Å². The molecule has 0 saturated heterocycles. The molecular formula is C15H16F2N2O. The number of hydrogen-bond donors (Lipinski definition) is 1. The van der Waals surface area contributed by atoms with E-state index in [0.717, 1.165) is 6.07 Å². The summed E-state index contributed by atoms with van der Waals surface area (Å²) in [5, 5.41) is 2.97. The van der Waals surface area contributed by atoms with Crippen molar-refractivity contribution in [3.63, 3.8) is 0 Å². The Morgan fingerprint density at radius 3 is 2.80 bits per heavy atom. The van der Waals surface area contributed by atoms with E-state index in [-0.39, 0.29) is 5.56 Å². The molecule has 1 N–H and O–H groups in total. The van der Waals surface area contributed by atoms with E-state index < -0.39 is 17.7 Å². The van der Waals surface area contributed by atoms with Crippen molar-refractivity contribution in [1.29, 1.82) is 0 Å². The van der Waals surface area contributed by atoms with Gasteiger partial charge in [0, 0.05) is 11.8 Å². The lowest BCUT2D eigenvalue weighted by molar-refractivity contribution is 0.338. The molecule has 0 amide bonds. The maximum absolute atomic E-state index is 13.9. The summed E-state index contributed by atoms with van der Waals surface area (Å²) in [5.74, 6) is -1.12. The predicted octanol–water partition coefficient (Wildman–Crippen LogP) is 3.07. The van der Waals surface area contributed by atoms with Gasteiger partial charge in [0.25, 0.3) is 0 Å². The molecule has 0 aliphatic rings. The number of ether oxygens (including phenoxy) is 1. The lowest BCUT2D eigenvalue weighted by Gasteiger charge is -2.18. The van der Waals surface area contributed by atoms with Crippen molar-refractivity contribution in [2.75, 3.05) is 13.7 Å². The SMILES string of the molecule is CCOc1cncc(C(NC)c2cccc(F)c2F)c1. The molecule has 2 aromatic rings. The largest absolute Gasteiger partial charge is 0.492 e. The van der Waals surface area contributed by atoms with Gasteiger partial charge >= 0.3 is 0 Å². The number of halogens is 2. The fourth-order valence-corrected chi connectivity index (χ4v) is 2.08. The standard InChI is InChI=1S/C15H16F2N2O/c1-3-20-11-7-10(8-19-9-11)15(18-2)12-5-4-6-13(16)14(12)17/h4-9,15,18H,3H2,1-2H3. The van der Waals surface area contributed by atoms with E-state index in [1.54, 1.807) is 31.6 Å². The molecule has 5 heteroatoms. The van der Waals surface area contributed by atoms with Crippen LogP contribution in [0.2, 0.25) is 0 Å². The van der Waals surface area contributed by atoms with E-state index in [4.69, 9.17) is 4.74 Å². The van der Waals surface area contributed by atoms with Gasteiger partial charge in [-0.25, -0.2) is 8.78 Å². The first-order valence-corrected chi connectivity index (χ1v) is 6.36. The second kappa shape index (κ2) is 6.43. The van der Waals surface area contributed by atoms with E-state index in [2.05, 4.69) is 10.3 Å². The summed E-state index contributed by atoms with van der Waals surface area (Å²) in [6, 6.07) is 5.41. The van der Waals surface area contributed by atoms with Crippen LogP contribution in [0, 0.1) is 11.6 Å². The summed E-state index contributed by atoms with van der Waals surface area (Å²) >= 11 is 0. The zero-order valence-corrected chi connectivity index (χ0v) is 11.4. The Balaban J connectivity index is 2.41. The fraction of sp³-hybridized carbons (Fsp3) is 0.267. The normalized spacial score (nSPS) is 12.2. The molecule has 1 aromatic heterocycles. The molecule has 0 aliphatic heterocycles. The Labute approximate surface area is 116 Å². The molecule has 1 heterocycles. The Morgan fingerprint density at radius 2 is 2.10 bits per heavy atom. The molecule has 0 spiro atoms. The molecule has 0 aliphatic carbocycles. The van der Waals surface area contributed by atoms with Crippen molar-refractivity contribution < 1.29 is 13.5 Å². The van der Waals surface area contributed by atoms with Crippen LogP contribution in [0.25, 0.3) is 0 Å². The third-order valence-corrected chi connectivity index (χ3v) is 2.96. The summed E-state index contributed by atoms with van der Waals surface area (Å²) in [7, 11) is 1.68. The Kier molecular flexibility index (Phi) is 4.63. The van der Waals surface area contributed by atoms with Gasteiger partial charge in [0.1, 0.15) is 5.75 Å². The fourth-order valence-electron chi connectivity index (χ4n) is 2.08. The number of hydrogen-bond acceptors (Lipinski definition) is 3. The van der Waals surface area contributed by atoms with Crippen LogP contribution >= 0.6 is 0 Å². The smallest absolute Gasteiger partial charge is 0.163 e. The van der Waals surface area contributed by atoms with Gasteiger partial charge in [0.2, 0.25) is 0 Å². The number of benzene rings is 1. The lowest BCUT2D eigenvalue weighted by Crippen LogP contribution is -2.19. The van der Waals surface area contributed by atoms with Crippen molar-refractivity contribution in [2.24, 2.45) is 0 Å². The molecule has 1 atom stereocenters. The van der Waals surface area contributed by atoms with Crippen LogP contribution in [0.4, 0.5) is 8.78 Å². The van der Waals surface area contributed by atoms with Crippen molar-refractivity contribution >= 4 is 0 Å². The first kappa shape index (κ1) is 14.4. The molecule has 1 unspecified atom stereocenters. The number of nitrogens with one attached hydrogen (secondary N) is 1. The highest BCUT2D eigenvalue weighted by atomic mass is 19.2. The van der Waals surface area contributed by atoms with Crippen LogP contribution in [-0.4, -0.2) is 18.6 Å². The average Bonchev–Trinajstić information content (AvgIpc) is 2.45. The van der Waals surface area contributed by atoms with Crippen LogP contribution in [-0.2, 0) is 0 Å². The van der Waals surface area contributed by atoms with Gasteiger partial charge in [0.15, 0.2) is 11.6 Å². The van der Waals surface area contributed by atoms with Gasteiger partial charge < -0.3 is 10.1 Å². The van der Waals surface area contributed by atoms with Gasteiger partial charge in [0.05, 0.1) is 18.8 Å². The zero-order chi connectivity index (χ0) is 14.5. The quantitative estimate of drug-likeness (QED) is 0.912. The highest BCUT2D eigenvalue weighted by molar-refractivity contribution is 5.35. The maximum Gasteiger partial charge on any atom is 0.163 e. The molecule has 1 aromatic carbocycles. The molecule has 2 rings (SSSR count). The number of rotatable bonds is 5. The molecule has 0 radical (unpaired) electrons. The zero-order valence-electron chi connectivity index (χ0n) is 11.4. The van der Waals surface area contributed by atoms with Crippen molar-refractivity contribution in [3.8, 4) is 5.75 Å². The summed E-state index contributed by atoms with van der Waals surface area (Å²) in [5.41, 5.74) is 0.950. The topological polar surface area (TPSA) is 34.1 Å². The number of aromatic nitrogens is 1. The molecule has 0 saturated carbocycles. The van der Waals surface area contributed by atoms with Gasteiger partial charge in [-0.15, -0.1) is 0 Å². The van der Waals surface area contributed by atoms with E-state index in [1.807, 2.05) is 6.92 Å². The molecule has 106 valence electrons. The summed E-state index contributed by atoms with van der Waals surface area (Å²) in [4.78, 5) is 4.07. The second-order valence-corrected chi connectivity index (χ2v) is 4.25. The van der Waals surface area contributed by atoms with Gasteiger partial charge in [-0.3, -0.25) is 4.98 Å². The molecule has 20 heavy (non-hydrogen) atoms. The average molecular weight is 278 g/mol. The minimum absolute atomic E-state index is 0.239. The third kappa shape index (κ3) is 2.93. The monoisotopic (exact) mass is 278 g/mol. The van der Waals surface area contributed by atoms with Crippen molar-refractivity contribution in [2.45, 2.75) is 13.0 Å². The number of nitrogens with zero attached hydrogens (tertiary/aromatic N) is 1. The maximum atomic E-state index is 13.9. The van der Waals surface area contributed by atoms with E-state index >= 15 is 0 Å². The minimum Gasteiger partial charge on any atom is -0.492 e. The van der Waals surface area contributed by atoms with Crippen LogP contribution in [0.3, 0.4) is 0 Å². The lowest BCUT2D eigenvalue weighted by atomic mass is 9.99. The van der Waals surface area contributed by atoms with E-state index in [1.165, 1.54) is 6.07 Å². The minimum atomic E-state index is -0.864. The van der Waals surface area contributed by atoms with E-state index in [9.17, 15) is 8.78 Å². The Morgan fingerprint density at radius 1 is 1.30 bits per heavy atom. The van der Waals surface area contributed by atoms with Gasteiger partial charge in [-0.05, 0) is 31.7 Å². The van der Waals surface area contributed by atoms with Gasteiger partial charge in [-0.2, -0.15) is 0 Å². The Hall–Kier alpha value is -2.01. The van der Waals surface area contributed by atoms with Crippen molar-refractivity contribution in [1.82, 2.24) is 10.3 Å². The van der Waals surface area contributed by atoms with Crippen LogP contribution < -0.4 is 10.1 Å². The third-order valence-electron chi connectivity index (χ3n) is 2.96. The van der Waals surface area contributed by atoms with Crippen LogP contribution in [0.1, 0.15) is 24.1 Å². The molecule has 0 bridgehead atoms. The van der Waals surface area contributed by atoms with Crippen LogP contribution in [0.5, 0.6) is 5.75 Å². The van der Waals surface area contributed by atoms with E-state index in [0.29, 0.717) is 17.9 Å².